The molecule has 50 heavy (non-hydrogen) atoms. The number of hydrogen-bond acceptors (Lipinski definition) is 4. The quantitative estimate of drug-likeness (QED) is 0.0915. The molecule has 0 unspecified atom stereocenters. The zero-order valence-corrected chi connectivity index (χ0v) is 25.0. The van der Waals surface area contributed by atoms with Crippen LogP contribution in [-0.2, 0) is 12.4 Å². The third-order valence-electron chi connectivity index (χ3n) is 10.2. The van der Waals surface area contributed by atoms with Gasteiger partial charge in [-0.05, 0) is 70.1 Å². The van der Waals surface area contributed by atoms with Crippen molar-refractivity contribution >= 4 is 98.0 Å². The largest absolute Gasteiger partial charge is 0.417 e. The van der Waals surface area contributed by atoms with Gasteiger partial charge in [0.2, 0.25) is 0 Å². The van der Waals surface area contributed by atoms with Crippen LogP contribution in [0.25, 0.3) is 98.0 Å². The van der Waals surface area contributed by atoms with Crippen molar-refractivity contribution < 1.29 is 26.3 Å². The van der Waals surface area contributed by atoms with E-state index in [2.05, 4.69) is 9.97 Å². The molecule has 240 valence electrons. The zero-order valence-electron chi connectivity index (χ0n) is 25.0. The zero-order chi connectivity index (χ0) is 34.2. The van der Waals surface area contributed by atoms with Gasteiger partial charge in [-0.3, -0.25) is 18.4 Å². The molecule has 0 fully saturated rings. The van der Waals surface area contributed by atoms with Gasteiger partial charge in [0.25, 0.3) is 11.1 Å². The lowest BCUT2D eigenvalue weighted by atomic mass is 9.82. The molecular formula is C38H14F6N4O2. The molecule has 11 rings (SSSR count). The van der Waals surface area contributed by atoms with E-state index in [0.717, 1.165) is 12.1 Å². The number of halogens is 6. The molecule has 0 bridgehead atoms. The van der Waals surface area contributed by atoms with Crippen molar-refractivity contribution in [2.24, 2.45) is 0 Å². The molecule has 7 aromatic carbocycles. The van der Waals surface area contributed by atoms with Gasteiger partial charge in [0.15, 0.2) is 0 Å². The van der Waals surface area contributed by atoms with E-state index >= 15 is 26.3 Å². The number of imidazole rings is 2. The van der Waals surface area contributed by atoms with Crippen molar-refractivity contribution in [3.63, 3.8) is 0 Å². The van der Waals surface area contributed by atoms with Gasteiger partial charge in [-0.25, -0.2) is 9.97 Å². The summed E-state index contributed by atoms with van der Waals surface area (Å²) < 4.78 is 94.1. The molecule has 0 aliphatic rings. The second-order valence-electron chi connectivity index (χ2n) is 12.6. The van der Waals surface area contributed by atoms with Crippen LogP contribution < -0.4 is 11.1 Å². The summed E-state index contributed by atoms with van der Waals surface area (Å²) in [7, 11) is 0. The van der Waals surface area contributed by atoms with Crippen molar-refractivity contribution in [2.45, 2.75) is 12.4 Å². The molecular weight excluding hydrogens is 658 g/mol. The minimum absolute atomic E-state index is 0.0183. The first-order valence-electron chi connectivity index (χ1n) is 15.4. The molecule has 11 aromatic rings. The number of aromatic nitrogens is 4. The van der Waals surface area contributed by atoms with Crippen molar-refractivity contribution in [3.05, 3.63) is 117 Å². The van der Waals surface area contributed by atoms with Crippen LogP contribution in [-0.4, -0.2) is 18.8 Å². The fraction of sp³-hybridized carbons (Fsp3) is 0.0526. The van der Waals surface area contributed by atoms with Crippen molar-refractivity contribution in [2.75, 3.05) is 0 Å². The Bertz CT molecular complexity index is 3420. The molecule has 0 saturated carbocycles. The van der Waals surface area contributed by atoms with Crippen LogP contribution in [0.2, 0.25) is 0 Å². The fourth-order valence-electron chi connectivity index (χ4n) is 8.33. The van der Waals surface area contributed by atoms with Gasteiger partial charge in [-0.1, -0.05) is 36.4 Å². The Morgan fingerprint density at radius 3 is 1.40 bits per heavy atom. The molecule has 0 N–H and O–H groups in total. The first-order chi connectivity index (χ1) is 23.9. The van der Waals surface area contributed by atoms with Crippen molar-refractivity contribution in [3.8, 4) is 0 Å². The normalized spacial score (nSPS) is 13.6. The van der Waals surface area contributed by atoms with Gasteiger partial charge in [0, 0.05) is 43.1 Å². The second kappa shape index (κ2) is 8.46. The van der Waals surface area contributed by atoms with Gasteiger partial charge < -0.3 is 0 Å². The van der Waals surface area contributed by atoms with Crippen molar-refractivity contribution in [1.29, 1.82) is 0 Å². The average Bonchev–Trinajstić information content (AvgIpc) is 3.67. The first kappa shape index (κ1) is 27.6. The Morgan fingerprint density at radius 1 is 0.440 bits per heavy atom. The van der Waals surface area contributed by atoms with Crippen LogP contribution in [0.1, 0.15) is 11.1 Å². The first-order valence-corrected chi connectivity index (χ1v) is 15.4. The number of benzene rings is 7. The molecule has 0 atom stereocenters. The highest BCUT2D eigenvalue weighted by Gasteiger charge is 2.39. The maximum absolute atomic E-state index is 15.3. The molecule has 0 aliphatic heterocycles. The van der Waals surface area contributed by atoms with Crippen LogP contribution in [0.4, 0.5) is 26.3 Å². The Balaban J connectivity index is 1.49. The van der Waals surface area contributed by atoms with E-state index in [9.17, 15) is 9.59 Å². The number of alkyl halides is 6. The van der Waals surface area contributed by atoms with E-state index in [0.29, 0.717) is 27.5 Å². The minimum Gasteiger partial charge on any atom is -0.268 e. The highest BCUT2D eigenvalue weighted by Crippen LogP contribution is 2.52. The average molecular weight is 673 g/mol. The summed E-state index contributed by atoms with van der Waals surface area (Å²) in [5.41, 5.74) is -1.87. The van der Waals surface area contributed by atoms with Gasteiger partial charge in [0.1, 0.15) is 11.3 Å². The molecule has 0 spiro atoms. The molecule has 0 radical (unpaired) electrons. The molecule has 6 nitrogen and oxygen atoms in total. The van der Waals surface area contributed by atoms with E-state index in [1.165, 1.54) is 33.1 Å². The van der Waals surface area contributed by atoms with E-state index in [-0.39, 0.29) is 70.5 Å². The Morgan fingerprint density at radius 2 is 0.860 bits per heavy atom. The fourth-order valence-corrected chi connectivity index (χ4v) is 8.33. The number of pyridine rings is 2. The summed E-state index contributed by atoms with van der Waals surface area (Å²) in [5, 5.41) is -1.02. The van der Waals surface area contributed by atoms with Crippen LogP contribution in [0.3, 0.4) is 0 Å². The van der Waals surface area contributed by atoms with Crippen LogP contribution in [0.15, 0.2) is 94.5 Å². The second-order valence-corrected chi connectivity index (χ2v) is 12.6. The van der Waals surface area contributed by atoms with Crippen LogP contribution >= 0.6 is 0 Å². The Labute approximate surface area is 272 Å². The standard InChI is InChI=1S/C38H14F6N4O2/c39-37(40,41)21-13-19-28-18(35(49)48-26-8-4-2-6-24(26)46-34(19)48)12-10-16-30-22(38(42,43)44)14-20-27-17(11-9-15(31(27)30)29(21)32(16)28)33-45-23-5-1-3-7-25(23)47(33)36(20)50/h1-14H. The highest BCUT2D eigenvalue weighted by atomic mass is 19.4. The molecule has 0 saturated heterocycles. The molecule has 0 aliphatic carbocycles. The van der Waals surface area contributed by atoms with Gasteiger partial charge in [-0.15, -0.1) is 0 Å². The highest BCUT2D eigenvalue weighted by molar-refractivity contribution is 6.42. The maximum atomic E-state index is 15.3. The third kappa shape index (κ3) is 3.08. The lowest BCUT2D eigenvalue weighted by molar-refractivity contribution is -0.137. The number of para-hydroxylation sites is 4. The number of nitrogens with zero attached hydrogens (tertiary/aromatic N) is 4. The number of hydrogen-bond donors (Lipinski definition) is 0. The van der Waals surface area contributed by atoms with Gasteiger partial charge >= 0.3 is 12.4 Å². The summed E-state index contributed by atoms with van der Waals surface area (Å²) >= 11 is 0. The third-order valence-corrected chi connectivity index (χ3v) is 10.2. The predicted molar refractivity (Wildman–Crippen MR) is 180 cm³/mol. The minimum atomic E-state index is -5.02. The van der Waals surface area contributed by atoms with Crippen molar-refractivity contribution in [1.82, 2.24) is 18.8 Å². The SMILES string of the molecule is O=c1c2cc(C(F)(F)F)c3c4ccc5c(=O)n6c7ccccc7nc6c6cc(C(F)(F)F)c(c7ccc(c2c73)c2nc3ccccc3n12)c4c56. The van der Waals surface area contributed by atoms with Gasteiger partial charge in [0.05, 0.1) is 33.2 Å². The van der Waals surface area contributed by atoms with Crippen LogP contribution in [0.5, 0.6) is 0 Å². The summed E-state index contributed by atoms with van der Waals surface area (Å²) in [5.74, 6) is 0. The topological polar surface area (TPSA) is 68.7 Å². The summed E-state index contributed by atoms with van der Waals surface area (Å²) in [6, 6.07) is 20.6. The van der Waals surface area contributed by atoms with Gasteiger partial charge in [-0.2, -0.15) is 26.3 Å². The van der Waals surface area contributed by atoms with E-state index < -0.39 is 34.6 Å². The summed E-state index contributed by atoms with van der Waals surface area (Å²) in [6.45, 7) is 0. The monoisotopic (exact) mass is 672 g/mol. The molecule has 0 amide bonds. The van der Waals surface area contributed by atoms with E-state index in [1.807, 2.05) is 0 Å². The number of rotatable bonds is 0. The smallest absolute Gasteiger partial charge is 0.268 e. The summed E-state index contributed by atoms with van der Waals surface area (Å²) in [6.07, 6.45) is -9.99. The van der Waals surface area contributed by atoms with E-state index in [4.69, 9.17) is 0 Å². The summed E-state index contributed by atoms with van der Waals surface area (Å²) in [4.78, 5) is 37.4. The molecule has 12 heteroatoms. The lowest BCUT2D eigenvalue weighted by Gasteiger charge is -2.23. The predicted octanol–water partition coefficient (Wildman–Crippen LogP) is 9.28. The van der Waals surface area contributed by atoms with E-state index in [1.54, 1.807) is 48.5 Å². The molecule has 4 aromatic heterocycles. The number of fused-ring (bicyclic) bond motifs is 10. The lowest BCUT2D eigenvalue weighted by Crippen LogP contribution is -2.17. The Hall–Kier alpha value is -6.30. The maximum Gasteiger partial charge on any atom is 0.417 e. The van der Waals surface area contributed by atoms with Crippen LogP contribution in [0, 0.1) is 0 Å². The molecule has 4 heterocycles. The Kier molecular flexibility index (Phi) is 4.67.